The molecule has 0 aromatic heterocycles. The number of rotatable bonds is 4. The first-order valence-electron chi connectivity index (χ1n) is 6.82. The highest BCUT2D eigenvalue weighted by molar-refractivity contribution is 4.94. The quantitative estimate of drug-likeness (QED) is 0.798. The monoisotopic (exact) mass is 226 g/mol. The van der Waals surface area contributed by atoms with Crippen molar-refractivity contribution >= 4 is 0 Å². The van der Waals surface area contributed by atoms with Gasteiger partial charge in [-0.15, -0.1) is 0 Å². The average molecular weight is 226 g/mol. The van der Waals surface area contributed by atoms with Crippen LogP contribution in [0.2, 0.25) is 0 Å². The summed E-state index contributed by atoms with van der Waals surface area (Å²) in [5.41, 5.74) is 6.83. The van der Waals surface area contributed by atoms with Crippen LogP contribution in [0.1, 0.15) is 53.9 Å². The van der Waals surface area contributed by atoms with Gasteiger partial charge in [-0.05, 0) is 36.6 Å². The second-order valence-corrected chi connectivity index (χ2v) is 6.55. The number of nitrogens with two attached hydrogens (primary N) is 1. The van der Waals surface area contributed by atoms with E-state index in [1.807, 2.05) is 0 Å². The van der Waals surface area contributed by atoms with Gasteiger partial charge >= 0.3 is 0 Å². The predicted molar refractivity (Wildman–Crippen MR) is 71.5 cm³/mol. The summed E-state index contributed by atoms with van der Waals surface area (Å²) >= 11 is 0. The van der Waals surface area contributed by atoms with Crippen molar-refractivity contribution < 1.29 is 0 Å². The Bertz CT molecular complexity index is 213. The highest BCUT2D eigenvalue weighted by Gasteiger charge is 2.40. The Morgan fingerprint density at radius 3 is 2.12 bits per heavy atom. The molecule has 2 N–H and O–H groups in total. The second-order valence-electron chi connectivity index (χ2n) is 6.55. The lowest BCUT2D eigenvalue weighted by atomic mass is 9.81. The lowest BCUT2D eigenvalue weighted by Gasteiger charge is -2.38. The van der Waals surface area contributed by atoms with Crippen LogP contribution >= 0.6 is 0 Å². The van der Waals surface area contributed by atoms with Crippen LogP contribution in [0.15, 0.2) is 0 Å². The summed E-state index contributed by atoms with van der Waals surface area (Å²) < 4.78 is 0. The van der Waals surface area contributed by atoms with Crippen molar-refractivity contribution in [1.29, 1.82) is 0 Å². The molecule has 2 nitrogen and oxygen atoms in total. The van der Waals surface area contributed by atoms with E-state index in [0.717, 1.165) is 6.54 Å². The third kappa shape index (κ3) is 2.78. The summed E-state index contributed by atoms with van der Waals surface area (Å²) in [5, 5.41) is 0. The molecule has 1 saturated heterocycles. The van der Waals surface area contributed by atoms with Gasteiger partial charge in [0.2, 0.25) is 0 Å². The minimum Gasteiger partial charge on any atom is -0.329 e. The molecule has 1 fully saturated rings. The van der Waals surface area contributed by atoms with Crippen LogP contribution < -0.4 is 5.73 Å². The Kier molecular flexibility index (Phi) is 4.42. The van der Waals surface area contributed by atoms with Crippen LogP contribution in [0.5, 0.6) is 0 Å². The molecule has 2 heteroatoms. The lowest BCUT2D eigenvalue weighted by Crippen LogP contribution is -2.48. The molecule has 0 aliphatic carbocycles. The molecule has 1 unspecified atom stereocenters. The van der Waals surface area contributed by atoms with Gasteiger partial charge in [-0.25, -0.2) is 0 Å². The van der Waals surface area contributed by atoms with Gasteiger partial charge in [0, 0.05) is 19.1 Å². The molecule has 1 rings (SSSR count). The first-order chi connectivity index (χ1) is 7.38. The first kappa shape index (κ1) is 14.0. The van der Waals surface area contributed by atoms with E-state index in [9.17, 15) is 0 Å². The molecule has 0 bridgehead atoms. The predicted octanol–water partition coefficient (Wildman–Crippen LogP) is 2.87. The van der Waals surface area contributed by atoms with Gasteiger partial charge in [0.05, 0.1) is 0 Å². The third-order valence-electron chi connectivity index (χ3n) is 4.63. The zero-order chi connectivity index (χ0) is 12.4. The minimum atomic E-state index is 0.298. The number of nitrogens with zero attached hydrogens (tertiary/aromatic N) is 1. The molecular weight excluding hydrogens is 196 g/mol. The van der Waals surface area contributed by atoms with Gasteiger partial charge in [0.25, 0.3) is 0 Å². The Labute approximate surface area is 102 Å². The maximum absolute atomic E-state index is 5.97. The van der Waals surface area contributed by atoms with Crippen LogP contribution in [0.3, 0.4) is 0 Å². The molecule has 1 heterocycles. The third-order valence-corrected chi connectivity index (χ3v) is 4.63. The summed E-state index contributed by atoms with van der Waals surface area (Å²) in [6.07, 6.45) is 3.97. The van der Waals surface area contributed by atoms with Crippen molar-refractivity contribution in [3.63, 3.8) is 0 Å². The van der Waals surface area contributed by atoms with E-state index in [0.29, 0.717) is 16.9 Å². The lowest BCUT2D eigenvalue weighted by molar-refractivity contribution is 0.112. The molecule has 1 aliphatic rings. The van der Waals surface area contributed by atoms with Crippen LogP contribution in [0.4, 0.5) is 0 Å². The molecule has 96 valence electrons. The normalized spacial score (nSPS) is 23.6. The molecule has 0 amide bonds. The maximum atomic E-state index is 5.97. The van der Waals surface area contributed by atoms with Gasteiger partial charge in [-0.1, -0.05) is 34.6 Å². The Morgan fingerprint density at radius 1 is 1.25 bits per heavy atom. The first-order valence-corrected chi connectivity index (χ1v) is 6.82. The maximum Gasteiger partial charge on any atom is 0.0267 e. The van der Waals surface area contributed by atoms with E-state index in [1.54, 1.807) is 0 Å². The topological polar surface area (TPSA) is 29.3 Å². The molecule has 1 atom stereocenters. The van der Waals surface area contributed by atoms with E-state index in [4.69, 9.17) is 5.73 Å². The molecule has 0 aromatic carbocycles. The standard InChI is InChI=1S/C14H30N2/c1-6-14(7-2)8-9-16(11-14)12(10-15)13(3,4)5/h12H,6-11,15H2,1-5H3. The van der Waals surface area contributed by atoms with Crippen molar-refractivity contribution in [2.24, 2.45) is 16.6 Å². The summed E-state index contributed by atoms with van der Waals surface area (Å²) in [4.78, 5) is 2.63. The van der Waals surface area contributed by atoms with E-state index in [2.05, 4.69) is 39.5 Å². The highest BCUT2D eigenvalue weighted by Crippen LogP contribution is 2.39. The van der Waals surface area contributed by atoms with Crippen LogP contribution in [-0.2, 0) is 0 Å². The highest BCUT2D eigenvalue weighted by atomic mass is 15.2. The number of likely N-dealkylation sites (tertiary alicyclic amines) is 1. The summed E-state index contributed by atoms with van der Waals surface area (Å²) in [6.45, 7) is 14.9. The second kappa shape index (κ2) is 5.05. The molecule has 0 saturated carbocycles. The van der Waals surface area contributed by atoms with Gasteiger partial charge in [-0.3, -0.25) is 4.90 Å². The summed E-state index contributed by atoms with van der Waals surface area (Å²) in [5.74, 6) is 0. The van der Waals surface area contributed by atoms with E-state index in [1.165, 1.54) is 32.4 Å². The van der Waals surface area contributed by atoms with Crippen molar-refractivity contribution in [2.75, 3.05) is 19.6 Å². The fraction of sp³-hybridized carbons (Fsp3) is 1.00. The zero-order valence-corrected chi connectivity index (χ0v) is 11.8. The number of hydrogen-bond acceptors (Lipinski definition) is 2. The van der Waals surface area contributed by atoms with Gasteiger partial charge in [-0.2, -0.15) is 0 Å². The van der Waals surface area contributed by atoms with Crippen LogP contribution in [-0.4, -0.2) is 30.6 Å². The van der Waals surface area contributed by atoms with E-state index < -0.39 is 0 Å². The smallest absolute Gasteiger partial charge is 0.0267 e. The van der Waals surface area contributed by atoms with Crippen molar-refractivity contribution in [3.8, 4) is 0 Å². The fourth-order valence-electron chi connectivity index (χ4n) is 3.11. The average Bonchev–Trinajstić information content (AvgIpc) is 2.62. The largest absolute Gasteiger partial charge is 0.329 e. The minimum absolute atomic E-state index is 0.298. The summed E-state index contributed by atoms with van der Waals surface area (Å²) in [6, 6.07) is 0.535. The van der Waals surface area contributed by atoms with Crippen molar-refractivity contribution in [1.82, 2.24) is 4.90 Å². The number of hydrogen-bond donors (Lipinski definition) is 1. The van der Waals surface area contributed by atoms with Crippen LogP contribution in [0.25, 0.3) is 0 Å². The Hall–Kier alpha value is -0.0800. The summed E-state index contributed by atoms with van der Waals surface area (Å²) in [7, 11) is 0. The molecule has 16 heavy (non-hydrogen) atoms. The fourth-order valence-corrected chi connectivity index (χ4v) is 3.11. The Balaban J connectivity index is 2.71. The molecule has 0 spiro atoms. The zero-order valence-electron chi connectivity index (χ0n) is 11.8. The SMILES string of the molecule is CCC1(CC)CCN(C(CN)C(C)(C)C)C1. The van der Waals surface area contributed by atoms with Gasteiger partial charge in [0.1, 0.15) is 0 Å². The molecular formula is C14H30N2. The van der Waals surface area contributed by atoms with Crippen molar-refractivity contribution in [3.05, 3.63) is 0 Å². The van der Waals surface area contributed by atoms with E-state index >= 15 is 0 Å². The molecule has 0 aromatic rings. The molecule has 1 aliphatic heterocycles. The van der Waals surface area contributed by atoms with Crippen LogP contribution in [0, 0.1) is 10.8 Å². The Morgan fingerprint density at radius 2 is 1.81 bits per heavy atom. The van der Waals surface area contributed by atoms with Gasteiger partial charge in [0.15, 0.2) is 0 Å². The van der Waals surface area contributed by atoms with E-state index in [-0.39, 0.29) is 0 Å². The van der Waals surface area contributed by atoms with Gasteiger partial charge < -0.3 is 5.73 Å². The molecule has 0 radical (unpaired) electrons. The van der Waals surface area contributed by atoms with Crippen molar-refractivity contribution in [2.45, 2.75) is 59.9 Å².